The van der Waals surface area contributed by atoms with Gasteiger partial charge in [-0.2, -0.15) is 4.31 Å². The van der Waals surface area contributed by atoms with E-state index in [1.165, 1.54) is 4.31 Å². The molecule has 0 saturated carbocycles. The van der Waals surface area contributed by atoms with Gasteiger partial charge in [-0.05, 0) is 61.0 Å². The van der Waals surface area contributed by atoms with Gasteiger partial charge in [0.15, 0.2) is 0 Å². The van der Waals surface area contributed by atoms with Gasteiger partial charge in [-0.3, -0.25) is 4.79 Å². The van der Waals surface area contributed by atoms with Crippen molar-refractivity contribution in [3.63, 3.8) is 0 Å². The summed E-state index contributed by atoms with van der Waals surface area (Å²) >= 11 is 5.99. The number of halogens is 1. The van der Waals surface area contributed by atoms with E-state index in [9.17, 15) is 13.2 Å². The number of sulfonamides is 1. The number of piperazine rings is 1. The summed E-state index contributed by atoms with van der Waals surface area (Å²) in [6.45, 7) is 2.49. The van der Waals surface area contributed by atoms with E-state index in [0.29, 0.717) is 18.1 Å². The van der Waals surface area contributed by atoms with Crippen LogP contribution in [0.1, 0.15) is 12.8 Å². The molecule has 0 atom stereocenters. The van der Waals surface area contributed by atoms with E-state index in [4.69, 9.17) is 11.6 Å². The van der Waals surface area contributed by atoms with E-state index in [1.54, 1.807) is 36.4 Å². The third kappa shape index (κ3) is 3.69. The molecule has 8 heteroatoms. The molecule has 4 rings (SSSR count). The molecule has 2 heterocycles. The van der Waals surface area contributed by atoms with Gasteiger partial charge < -0.3 is 10.2 Å². The van der Waals surface area contributed by atoms with E-state index in [1.807, 2.05) is 4.90 Å². The highest BCUT2D eigenvalue weighted by molar-refractivity contribution is 7.89. The minimum absolute atomic E-state index is 0.0923. The van der Waals surface area contributed by atoms with Crippen LogP contribution in [0, 0.1) is 0 Å². The highest BCUT2D eigenvalue weighted by atomic mass is 35.5. The summed E-state index contributed by atoms with van der Waals surface area (Å²) in [5.74, 6) is -0.107. The molecule has 2 aromatic carbocycles. The molecule has 0 aromatic heterocycles. The largest absolute Gasteiger partial charge is 0.337 e. The normalized spacial score (nSPS) is 20.3. The van der Waals surface area contributed by atoms with Gasteiger partial charge >= 0.3 is 0 Å². The van der Waals surface area contributed by atoms with Crippen LogP contribution in [0.4, 0.5) is 0 Å². The first-order chi connectivity index (χ1) is 12.9. The first-order valence-electron chi connectivity index (χ1n) is 9.15. The third-order valence-corrected chi connectivity index (χ3v) is 7.46. The predicted octanol–water partition coefficient (Wildman–Crippen LogP) is 2.08. The first kappa shape index (κ1) is 18.7. The van der Waals surface area contributed by atoms with Crippen molar-refractivity contribution in [2.45, 2.75) is 23.8 Å². The summed E-state index contributed by atoms with van der Waals surface area (Å²) < 4.78 is 27.4. The van der Waals surface area contributed by atoms with Crippen molar-refractivity contribution in [2.75, 3.05) is 32.7 Å². The SMILES string of the molecule is O=C1CN(S(=O)(=O)c2ccc3cc(Cl)ccc3c2)CCN1C1CCNCC1. The third-order valence-electron chi connectivity index (χ3n) is 5.38. The molecule has 1 N–H and O–H groups in total. The van der Waals surface area contributed by atoms with E-state index in [2.05, 4.69) is 5.32 Å². The van der Waals surface area contributed by atoms with Crippen LogP contribution in [0.25, 0.3) is 10.8 Å². The number of piperidine rings is 1. The molecule has 0 bridgehead atoms. The van der Waals surface area contributed by atoms with Crippen LogP contribution in [0.15, 0.2) is 41.3 Å². The number of carbonyl (C=O) groups excluding carboxylic acids is 1. The number of benzene rings is 2. The lowest BCUT2D eigenvalue weighted by Crippen LogP contribution is -2.56. The maximum atomic E-state index is 13.0. The van der Waals surface area contributed by atoms with Gasteiger partial charge in [0.2, 0.25) is 15.9 Å². The number of fused-ring (bicyclic) bond motifs is 1. The van der Waals surface area contributed by atoms with Gasteiger partial charge in [0.1, 0.15) is 0 Å². The van der Waals surface area contributed by atoms with Crippen LogP contribution < -0.4 is 5.32 Å². The molecule has 0 aliphatic carbocycles. The van der Waals surface area contributed by atoms with E-state index >= 15 is 0 Å². The van der Waals surface area contributed by atoms with Crippen molar-refractivity contribution in [1.82, 2.24) is 14.5 Å². The molecule has 2 fully saturated rings. The van der Waals surface area contributed by atoms with Gasteiger partial charge in [0.05, 0.1) is 11.4 Å². The van der Waals surface area contributed by atoms with Crippen LogP contribution in [0.3, 0.4) is 0 Å². The monoisotopic (exact) mass is 407 g/mol. The number of carbonyl (C=O) groups is 1. The van der Waals surface area contributed by atoms with E-state index in [-0.39, 0.29) is 23.4 Å². The first-order valence-corrected chi connectivity index (χ1v) is 11.0. The molecule has 2 saturated heterocycles. The fraction of sp³-hybridized carbons (Fsp3) is 0.421. The molecule has 0 unspecified atom stereocenters. The van der Waals surface area contributed by atoms with Crippen molar-refractivity contribution in [3.8, 4) is 0 Å². The molecule has 1 amide bonds. The highest BCUT2D eigenvalue weighted by Gasteiger charge is 2.35. The summed E-state index contributed by atoms with van der Waals surface area (Å²) in [6, 6.07) is 10.5. The van der Waals surface area contributed by atoms with Gasteiger partial charge in [-0.15, -0.1) is 0 Å². The zero-order chi connectivity index (χ0) is 19.0. The Labute approximate surface area is 164 Å². The lowest BCUT2D eigenvalue weighted by atomic mass is 10.0. The summed E-state index contributed by atoms with van der Waals surface area (Å²) in [4.78, 5) is 14.7. The lowest BCUT2D eigenvalue weighted by Gasteiger charge is -2.40. The summed E-state index contributed by atoms with van der Waals surface area (Å²) in [5.41, 5.74) is 0. The van der Waals surface area contributed by atoms with Crippen LogP contribution in [-0.2, 0) is 14.8 Å². The standard InChI is InChI=1S/C19H22ClN3O3S/c20-16-3-1-15-12-18(4-2-14(15)11-16)27(25,26)22-9-10-23(19(24)13-22)17-5-7-21-8-6-17/h1-4,11-12,17,21H,5-10,13H2. The van der Waals surface area contributed by atoms with Crippen LogP contribution in [0.5, 0.6) is 0 Å². The Morgan fingerprint density at radius 3 is 2.44 bits per heavy atom. The Kier molecular flexibility index (Phi) is 5.11. The molecule has 0 radical (unpaired) electrons. The topological polar surface area (TPSA) is 69.7 Å². The number of hydrogen-bond acceptors (Lipinski definition) is 4. The molecule has 6 nitrogen and oxygen atoms in total. The van der Waals surface area contributed by atoms with Gasteiger partial charge in [-0.25, -0.2) is 8.42 Å². The summed E-state index contributed by atoms with van der Waals surface area (Å²) in [5, 5.41) is 5.59. The van der Waals surface area contributed by atoms with Crippen LogP contribution in [0.2, 0.25) is 5.02 Å². The highest BCUT2D eigenvalue weighted by Crippen LogP contribution is 2.26. The second kappa shape index (κ2) is 7.39. The number of hydrogen-bond donors (Lipinski definition) is 1. The Balaban J connectivity index is 1.54. The molecule has 0 spiro atoms. The van der Waals surface area contributed by atoms with E-state index in [0.717, 1.165) is 36.7 Å². The van der Waals surface area contributed by atoms with Gasteiger partial charge in [-0.1, -0.05) is 23.7 Å². The number of nitrogens with one attached hydrogen (secondary N) is 1. The Morgan fingerprint density at radius 2 is 1.70 bits per heavy atom. The molecule has 2 aromatic rings. The average Bonchev–Trinajstić information content (AvgIpc) is 2.68. The summed E-state index contributed by atoms with van der Waals surface area (Å²) in [7, 11) is -3.71. The Bertz CT molecular complexity index is 973. The van der Waals surface area contributed by atoms with Crippen molar-refractivity contribution in [1.29, 1.82) is 0 Å². The fourth-order valence-electron chi connectivity index (χ4n) is 3.88. The maximum Gasteiger partial charge on any atom is 0.243 e. The average molecular weight is 408 g/mol. The smallest absolute Gasteiger partial charge is 0.243 e. The Morgan fingerprint density at radius 1 is 1.00 bits per heavy atom. The number of nitrogens with zero attached hydrogens (tertiary/aromatic N) is 2. The second-order valence-corrected chi connectivity index (χ2v) is 9.43. The quantitative estimate of drug-likeness (QED) is 0.845. The summed E-state index contributed by atoms with van der Waals surface area (Å²) in [6.07, 6.45) is 1.84. The van der Waals surface area contributed by atoms with Crippen molar-refractivity contribution < 1.29 is 13.2 Å². The fourth-order valence-corrected chi connectivity index (χ4v) is 5.48. The molecule has 2 aliphatic heterocycles. The van der Waals surface area contributed by atoms with Gasteiger partial charge in [0, 0.05) is 24.2 Å². The zero-order valence-electron chi connectivity index (χ0n) is 14.9. The molecule has 27 heavy (non-hydrogen) atoms. The Hall–Kier alpha value is -1.67. The molecule has 144 valence electrons. The van der Waals surface area contributed by atoms with E-state index < -0.39 is 10.0 Å². The second-order valence-electron chi connectivity index (χ2n) is 7.06. The van der Waals surface area contributed by atoms with Crippen molar-refractivity contribution >= 4 is 38.3 Å². The number of rotatable bonds is 3. The van der Waals surface area contributed by atoms with Crippen molar-refractivity contribution in [3.05, 3.63) is 41.4 Å². The molecular formula is C19H22ClN3O3S. The lowest BCUT2D eigenvalue weighted by molar-refractivity contribution is -0.137. The van der Waals surface area contributed by atoms with Crippen molar-refractivity contribution in [2.24, 2.45) is 0 Å². The minimum atomic E-state index is -3.71. The van der Waals surface area contributed by atoms with Crippen LogP contribution in [-0.4, -0.2) is 62.3 Å². The number of amides is 1. The predicted molar refractivity (Wildman–Crippen MR) is 105 cm³/mol. The minimum Gasteiger partial charge on any atom is -0.337 e. The zero-order valence-corrected chi connectivity index (χ0v) is 16.5. The molecule has 2 aliphatic rings. The van der Waals surface area contributed by atoms with Gasteiger partial charge in [0.25, 0.3) is 0 Å². The molecular weight excluding hydrogens is 386 g/mol. The maximum absolute atomic E-state index is 13.0. The van der Waals surface area contributed by atoms with Crippen LogP contribution >= 0.6 is 11.6 Å².